The van der Waals surface area contributed by atoms with E-state index in [1.807, 2.05) is 0 Å². The minimum atomic E-state index is -3.90. The Balaban J connectivity index is 2.05. The number of halogens is 1. The van der Waals surface area contributed by atoms with Crippen molar-refractivity contribution in [2.75, 3.05) is 0 Å². The number of sulfonamides is 1. The maximum absolute atomic E-state index is 12.3. The third-order valence-electron chi connectivity index (χ3n) is 3.76. The lowest BCUT2D eigenvalue weighted by Gasteiger charge is -2.15. The number of pyridine rings is 1. The summed E-state index contributed by atoms with van der Waals surface area (Å²) in [6, 6.07) is 6.52. The number of H-pyrrole nitrogens is 1. The second-order valence-electron chi connectivity index (χ2n) is 5.96. The molecule has 0 fully saturated rings. The van der Waals surface area contributed by atoms with Gasteiger partial charge in [-0.1, -0.05) is 17.7 Å². The molecule has 1 amide bonds. The maximum atomic E-state index is 12.3. The van der Waals surface area contributed by atoms with E-state index >= 15 is 0 Å². The highest BCUT2D eigenvalue weighted by Gasteiger charge is 2.22. The van der Waals surface area contributed by atoms with Crippen LogP contribution < -0.4 is 15.6 Å². The number of aromatic amines is 1. The van der Waals surface area contributed by atoms with Crippen molar-refractivity contribution in [2.45, 2.75) is 38.3 Å². The second kappa shape index (κ2) is 8.03. The van der Waals surface area contributed by atoms with Crippen LogP contribution in [0.4, 0.5) is 0 Å². The molecular formula is C17H20ClN3O4S. The van der Waals surface area contributed by atoms with Crippen LogP contribution in [0.3, 0.4) is 0 Å². The quantitative estimate of drug-likeness (QED) is 0.688. The number of aromatic nitrogens is 1. The normalized spacial score (nSPS) is 12.6. The lowest BCUT2D eigenvalue weighted by molar-refractivity contribution is -0.122. The maximum Gasteiger partial charge on any atom is 0.253 e. The van der Waals surface area contributed by atoms with Gasteiger partial charge in [-0.15, -0.1) is 0 Å². The van der Waals surface area contributed by atoms with Gasteiger partial charge >= 0.3 is 0 Å². The molecule has 0 radical (unpaired) electrons. The molecule has 9 heteroatoms. The van der Waals surface area contributed by atoms with Crippen LogP contribution in [0.1, 0.15) is 23.7 Å². The Morgan fingerprint density at radius 3 is 2.58 bits per heavy atom. The van der Waals surface area contributed by atoms with Crippen LogP contribution in [0.5, 0.6) is 0 Å². The highest BCUT2D eigenvalue weighted by atomic mass is 35.5. The summed E-state index contributed by atoms with van der Waals surface area (Å²) in [5, 5.41) is 2.85. The van der Waals surface area contributed by atoms with Gasteiger partial charge < -0.3 is 10.3 Å². The average molecular weight is 398 g/mol. The molecule has 0 saturated heterocycles. The van der Waals surface area contributed by atoms with E-state index in [-0.39, 0.29) is 22.0 Å². The molecule has 1 atom stereocenters. The minimum absolute atomic E-state index is 0.00348. The number of rotatable bonds is 6. The Labute approximate surface area is 156 Å². The SMILES string of the molecule is Cc1cc(C)c(CNC(=O)[C@H](C)NS(=O)(=O)c2cccc(Cl)c2)c(=O)[nH]1. The largest absolute Gasteiger partial charge is 0.350 e. The molecule has 0 unspecified atom stereocenters. The first kappa shape index (κ1) is 20.2. The van der Waals surface area contributed by atoms with Crippen LogP contribution in [0.2, 0.25) is 5.02 Å². The van der Waals surface area contributed by atoms with E-state index in [9.17, 15) is 18.0 Å². The van der Waals surface area contributed by atoms with Crippen molar-refractivity contribution >= 4 is 27.5 Å². The predicted molar refractivity (Wildman–Crippen MR) is 99.6 cm³/mol. The molecule has 1 heterocycles. The van der Waals surface area contributed by atoms with Gasteiger partial charge in [-0.2, -0.15) is 4.72 Å². The molecule has 0 bridgehead atoms. The van der Waals surface area contributed by atoms with E-state index in [4.69, 9.17) is 11.6 Å². The zero-order valence-electron chi connectivity index (χ0n) is 14.6. The summed E-state index contributed by atoms with van der Waals surface area (Å²) in [5.74, 6) is -0.546. The van der Waals surface area contributed by atoms with Gasteiger partial charge in [0.1, 0.15) is 0 Å². The smallest absolute Gasteiger partial charge is 0.253 e. The van der Waals surface area contributed by atoms with E-state index in [1.165, 1.54) is 25.1 Å². The second-order valence-corrected chi connectivity index (χ2v) is 8.11. The van der Waals surface area contributed by atoms with Crippen LogP contribution >= 0.6 is 11.6 Å². The van der Waals surface area contributed by atoms with Gasteiger partial charge in [-0.3, -0.25) is 9.59 Å². The van der Waals surface area contributed by atoms with Crippen molar-refractivity contribution < 1.29 is 13.2 Å². The molecule has 0 aliphatic carbocycles. The molecule has 0 aliphatic rings. The van der Waals surface area contributed by atoms with Gasteiger partial charge in [0.05, 0.1) is 10.9 Å². The van der Waals surface area contributed by atoms with Crippen molar-refractivity contribution in [1.82, 2.24) is 15.0 Å². The fraction of sp³-hybridized carbons (Fsp3) is 0.294. The molecule has 26 heavy (non-hydrogen) atoms. The fourth-order valence-electron chi connectivity index (χ4n) is 2.42. The lowest BCUT2D eigenvalue weighted by Crippen LogP contribution is -2.45. The topological polar surface area (TPSA) is 108 Å². The van der Waals surface area contributed by atoms with Crippen molar-refractivity contribution in [3.63, 3.8) is 0 Å². The van der Waals surface area contributed by atoms with Crippen LogP contribution in [0.15, 0.2) is 40.0 Å². The summed E-state index contributed by atoms with van der Waals surface area (Å²) in [6.45, 7) is 4.96. The summed E-state index contributed by atoms with van der Waals surface area (Å²) in [6.07, 6.45) is 0. The van der Waals surface area contributed by atoms with Crippen LogP contribution in [-0.2, 0) is 21.4 Å². The highest BCUT2D eigenvalue weighted by Crippen LogP contribution is 2.15. The van der Waals surface area contributed by atoms with Crippen LogP contribution in [0.25, 0.3) is 0 Å². The zero-order chi connectivity index (χ0) is 19.5. The van der Waals surface area contributed by atoms with E-state index in [2.05, 4.69) is 15.0 Å². The Hall–Kier alpha value is -2.16. The molecule has 0 spiro atoms. The van der Waals surface area contributed by atoms with Crippen molar-refractivity contribution in [3.05, 3.63) is 62.5 Å². The number of hydrogen-bond donors (Lipinski definition) is 3. The number of carbonyl (C=O) groups excluding carboxylic acids is 1. The number of amides is 1. The van der Waals surface area contributed by atoms with Crippen molar-refractivity contribution in [2.24, 2.45) is 0 Å². The molecule has 1 aromatic carbocycles. The monoisotopic (exact) mass is 397 g/mol. The first-order valence-electron chi connectivity index (χ1n) is 7.85. The predicted octanol–water partition coefficient (Wildman–Crippen LogP) is 1.63. The number of hydrogen-bond acceptors (Lipinski definition) is 4. The fourth-order valence-corrected chi connectivity index (χ4v) is 3.92. The summed E-state index contributed by atoms with van der Waals surface area (Å²) in [5.41, 5.74) is 1.62. The van der Waals surface area contributed by atoms with Gasteiger partial charge in [0.25, 0.3) is 5.56 Å². The summed E-state index contributed by atoms with van der Waals surface area (Å²) < 4.78 is 26.9. The number of nitrogens with one attached hydrogen (secondary N) is 3. The van der Waals surface area contributed by atoms with E-state index in [0.717, 1.165) is 11.3 Å². The van der Waals surface area contributed by atoms with Gasteiger partial charge in [-0.25, -0.2) is 8.42 Å². The molecule has 3 N–H and O–H groups in total. The standard InChI is InChI=1S/C17H20ClN3O4S/c1-10-7-11(2)20-17(23)15(10)9-19-16(22)12(3)21-26(24,25)14-6-4-5-13(18)8-14/h4-8,12,21H,9H2,1-3H3,(H,19,22)(H,20,23)/t12-/m0/s1. The molecular weight excluding hydrogens is 378 g/mol. The molecule has 7 nitrogen and oxygen atoms in total. The summed E-state index contributed by atoms with van der Waals surface area (Å²) >= 11 is 5.80. The third-order valence-corrected chi connectivity index (χ3v) is 5.54. The van der Waals surface area contributed by atoms with Crippen molar-refractivity contribution in [3.8, 4) is 0 Å². The van der Waals surface area contributed by atoms with Gasteiger partial charge in [0.2, 0.25) is 15.9 Å². The number of carbonyl (C=O) groups is 1. The number of aryl methyl sites for hydroxylation is 2. The third kappa shape index (κ3) is 4.94. The molecule has 0 aliphatic heterocycles. The van der Waals surface area contributed by atoms with Gasteiger partial charge in [0.15, 0.2) is 0 Å². The Morgan fingerprint density at radius 2 is 1.96 bits per heavy atom. The van der Waals surface area contributed by atoms with Crippen LogP contribution in [0, 0.1) is 13.8 Å². The van der Waals surface area contributed by atoms with Crippen LogP contribution in [-0.4, -0.2) is 25.4 Å². The van der Waals surface area contributed by atoms with E-state index in [0.29, 0.717) is 5.56 Å². The molecule has 2 rings (SSSR count). The Kier molecular flexibility index (Phi) is 6.22. The minimum Gasteiger partial charge on any atom is -0.350 e. The molecule has 140 valence electrons. The first-order chi connectivity index (χ1) is 12.1. The Bertz CT molecular complexity index is 986. The highest BCUT2D eigenvalue weighted by molar-refractivity contribution is 7.89. The van der Waals surface area contributed by atoms with E-state index in [1.54, 1.807) is 26.0 Å². The van der Waals surface area contributed by atoms with Gasteiger partial charge in [-0.05, 0) is 50.6 Å². The zero-order valence-corrected chi connectivity index (χ0v) is 16.2. The average Bonchev–Trinajstić information content (AvgIpc) is 2.53. The Morgan fingerprint density at radius 1 is 1.27 bits per heavy atom. The van der Waals surface area contributed by atoms with Gasteiger partial charge in [0, 0.05) is 22.8 Å². The summed E-state index contributed by atoms with van der Waals surface area (Å²) in [7, 11) is -3.90. The molecule has 1 aromatic heterocycles. The lowest BCUT2D eigenvalue weighted by atomic mass is 10.1. The first-order valence-corrected chi connectivity index (χ1v) is 9.71. The number of benzene rings is 1. The van der Waals surface area contributed by atoms with E-state index < -0.39 is 22.0 Å². The summed E-state index contributed by atoms with van der Waals surface area (Å²) in [4.78, 5) is 26.8. The molecule has 2 aromatic rings. The van der Waals surface area contributed by atoms with Crippen molar-refractivity contribution in [1.29, 1.82) is 0 Å². The molecule has 0 saturated carbocycles.